The van der Waals surface area contributed by atoms with Crippen molar-refractivity contribution in [1.29, 1.82) is 0 Å². The zero-order valence-electron chi connectivity index (χ0n) is 12.9. The molecule has 1 heterocycles. The zero-order valence-corrected chi connectivity index (χ0v) is 12.9. The van der Waals surface area contributed by atoms with E-state index < -0.39 is 5.60 Å². The number of anilines is 3. The second kappa shape index (κ2) is 6.67. The van der Waals surface area contributed by atoms with Crippen molar-refractivity contribution in [2.75, 3.05) is 41.9 Å². The van der Waals surface area contributed by atoms with Gasteiger partial charge < -0.3 is 14.9 Å². The number of nitrogens with one attached hydrogen (secondary N) is 1. The number of hydrogen-bond donors (Lipinski definition) is 3. The van der Waals surface area contributed by atoms with Gasteiger partial charge in [0.05, 0.1) is 5.60 Å². The maximum atomic E-state index is 9.88. The topological polar surface area (TPSA) is 103 Å². The quantitative estimate of drug-likeness (QED) is 0.482. The summed E-state index contributed by atoms with van der Waals surface area (Å²) in [6.07, 6.45) is 0. The Morgan fingerprint density at radius 1 is 1.15 bits per heavy atom. The molecule has 0 fully saturated rings. The smallest absolute Gasteiger partial charge is 0.243 e. The van der Waals surface area contributed by atoms with Gasteiger partial charge in [-0.05, 0) is 27.7 Å². The van der Waals surface area contributed by atoms with Crippen molar-refractivity contribution in [1.82, 2.24) is 15.0 Å². The van der Waals surface area contributed by atoms with Crippen LogP contribution in [0.25, 0.3) is 0 Å². The largest absolute Gasteiger partial charge is 0.389 e. The first-order valence-corrected chi connectivity index (χ1v) is 6.71. The molecule has 0 saturated carbocycles. The lowest BCUT2D eigenvalue weighted by atomic mass is 10.1. The lowest BCUT2D eigenvalue weighted by Crippen LogP contribution is -2.37. The second-order valence-corrected chi connectivity index (χ2v) is 5.24. The van der Waals surface area contributed by atoms with Gasteiger partial charge in [0.25, 0.3) is 0 Å². The molecular formula is C12H25N7O. The number of nitrogen functional groups attached to an aromatic ring is 1. The summed E-state index contributed by atoms with van der Waals surface area (Å²) in [6, 6.07) is 0. The highest BCUT2D eigenvalue weighted by Gasteiger charge is 2.19. The van der Waals surface area contributed by atoms with Crippen LogP contribution < -0.4 is 21.1 Å². The Morgan fingerprint density at radius 3 is 2.15 bits per heavy atom. The van der Waals surface area contributed by atoms with Gasteiger partial charge in [-0.2, -0.15) is 15.0 Å². The second-order valence-electron chi connectivity index (χ2n) is 5.24. The summed E-state index contributed by atoms with van der Waals surface area (Å²) in [5, 5.41) is 9.88. The monoisotopic (exact) mass is 283 g/mol. The standard InChI is InChI=1S/C12H25N7O/c1-6-19(7-2)11-15-9(17-13)14-10(16-11)18(5)8-12(3,4)20/h20H,6-8,13H2,1-5H3,(H,14,15,16,17). The van der Waals surface area contributed by atoms with Gasteiger partial charge in [0.15, 0.2) is 0 Å². The predicted molar refractivity (Wildman–Crippen MR) is 80.8 cm³/mol. The van der Waals surface area contributed by atoms with Crippen molar-refractivity contribution in [3.8, 4) is 0 Å². The van der Waals surface area contributed by atoms with Crippen LogP contribution >= 0.6 is 0 Å². The molecule has 1 aromatic heterocycles. The number of hydrogen-bond acceptors (Lipinski definition) is 8. The number of rotatable bonds is 7. The number of aromatic nitrogens is 3. The molecule has 0 radical (unpaired) electrons. The molecular weight excluding hydrogens is 258 g/mol. The van der Waals surface area contributed by atoms with E-state index in [2.05, 4.69) is 20.4 Å². The van der Waals surface area contributed by atoms with Crippen molar-refractivity contribution in [2.45, 2.75) is 33.3 Å². The summed E-state index contributed by atoms with van der Waals surface area (Å²) in [5.41, 5.74) is 1.61. The number of nitrogens with zero attached hydrogens (tertiary/aromatic N) is 5. The van der Waals surface area contributed by atoms with Crippen LogP contribution in [-0.2, 0) is 0 Å². The molecule has 1 aromatic rings. The third-order valence-corrected chi connectivity index (χ3v) is 2.75. The molecule has 0 aliphatic rings. The average molecular weight is 283 g/mol. The molecule has 0 unspecified atom stereocenters. The van der Waals surface area contributed by atoms with Crippen LogP contribution in [0.2, 0.25) is 0 Å². The SMILES string of the molecule is CCN(CC)c1nc(NN)nc(N(C)CC(C)(C)O)n1. The molecule has 0 atom stereocenters. The van der Waals surface area contributed by atoms with Crippen molar-refractivity contribution in [3.05, 3.63) is 0 Å². The summed E-state index contributed by atoms with van der Waals surface area (Å²) in [4.78, 5) is 16.7. The summed E-state index contributed by atoms with van der Waals surface area (Å²) in [7, 11) is 1.82. The summed E-state index contributed by atoms with van der Waals surface area (Å²) in [6.45, 7) is 9.51. The fourth-order valence-corrected chi connectivity index (χ4v) is 1.89. The minimum Gasteiger partial charge on any atom is -0.389 e. The van der Waals surface area contributed by atoms with Gasteiger partial charge in [0.1, 0.15) is 0 Å². The first-order chi connectivity index (χ1) is 9.30. The van der Waals surface area contributed by atoms with Crippen molar-refractivity contribution in [3.63, 3.8) is 0 Å². The highest BCUT2D eigenvalue weighted by atomic mass is 16.3. The Balaban J connectivity index is 3.10. The highest BCUT2D eigenvalue weighted by Crippen LogP contribution is 2.17. The maximum Gasteiger partial charge on any atom is 0.243 e. The molecule has 1 rings (SSSR count). The van der Waals surface area contributed by atoms with E-state index in [1.165, 1.54) is 0 Å². The molecule has 0 amide bonds. The van der Waals surface area contributed by atoms with Gasteiger partial charge in [-0.3, -0.25) is 5.43 Å². The number of aliphatic hydroxyl groups is 1. The van der Waals surface area contributed by atoms with Crippen LogP contribution in [0.3, 0.4) is 0 Å². The summed E-state index contributed by atoms with van der Waals surface area (Å²) >= 11 is 0. The molecule has 0 aliphatic heterocycles. The van der Waals surface area contributed by atoms with Crippen LogP contribution in [0.5, 0.6) is 0 Å². The minimum absolute atomic E-state index is 0.305. The van der Waals surface area contributed by atoms with E-state index in [0.717, 1.165) is 13.1 Å². The molecule has 0 aromatic carbocycles. The van der Waals surface area contributed by atoms with Crippen LogP contribution in [-0.4, -0.2) is 52.3 Å². The highest BCUT2D eigenvalue weighted by molar-refractivity contribution is 5.44. The van der Waals surface area contributed by atoms with Gasteiger partial charge in [-0.25, -0.2) is 5.84 Å². The maximum absolute atomic E-state index is 9.88. The van der Waals surface area contributed by atoms with E-state index in [0.29, 0.717) is 24.4 Å². The minimum atomic E-state index is -0.840. The molecule has 0 aliphatic carbocycles. The van der Waals surface area contributed by atoms with E-state index in [1.807, 2.05) is 25.8 Å². The van der Waals surface area contributed by atoms with E-state index >= 15 is 0 Å². The van der Waals surface area contributed by atoms with Gasteiger partial charge in [-0.1, -0.05) is 0 Å². The lowest BCUT2D eigenvalue weighted by Gasteiger charge is -2.27. The molecule has 8 nitrogen and oxygen atoms in total. The first kappa shape index (κ1) is 16.4. The molecule has 0 bridgehead atoms. The van der Waals surface area contributed by atoms with E-state index in [4.69, 9.17) is 5.84 Å². The van der Waals surface area contributed by atoms with Gasteiger partial charge in [-0.15, -0.1) is 0 Å². The Labute approximate surface area is 120 Å². The van der Waals surface area contributed by atoms with Crippen LogP contribution in [0.15, 0.2) is 0 Å². The summed E-state index contributed by atoms with van der Waals surface area (Å²) in [5.74, 6) is 6.75. The summed E-state index contributed by atoms with van der Waals surface area (Å²) < 4.78 is 0. The molecule has 4 N–H and O–H groups in total. The van der Waals surface area contributed by atoms with Gasteiger partial charge >= 0.3 is 0 Å². The third kappa shape index (κ3) is 4.46. The van der Waals surface area contributed by atoms with E-state index in [-0.39, 0.29) is 0 Å². The van der Waals surface area contributed by atoms with E-state index in [1.54, 1.807) is 18.7 Å². The Morgan fingerprint density at radius 2 is 1.70 bits per heavy atom. The van der Waals surface area contributed by atoms with Crippen LogP contribution in [0, 0.1) is 0 Å². The van der Waals surface area contributed by atoms with Crippen molar-refractivity contribution >= 4 is 17.8 Å². The zero-order chi connectivity index (χ0) is 15.3. The fraction of sp³-hybridized carbons (Fsp3) is 0.750. The predicted octanol–water partition coefficient (Wildman–Crippen LogP) is 0.211. The van der Waals surface area contributed by atoms with Gasteiger partial charge in [0.2, 0.25) is 17.8 Å². The molecule has 20 heavy (non-hydrogen) atoms. The van der Waals surface area contributed by atoms with Crippen molar-refractivity contribution in [2.24, 2.45) is 5.84 Å². The molecule has 0 spiro atoms. The Bertz CT molecular complexity index is 428. The van der Waals surface area contributed by atoms with E-state index in [9.17, 15) is 5.11 Å². The molecule has 8 heteroatoms. The average Bonchev–Trinajstić information content (AvgIpc) is 2.37. The Hall–Kier alpha value is -1.67. The van der Waals surface area contributed by atoms with Gasteiger partial charge in [0, 0.05) is 26.7 Å². The fourth-order valence-electron chi connectivity index (χ4n) is 1.89. The third-order valence-electron chi connectivity index (χ3n) is 2.75. The lowest BCUT2D eigenvalue weighted by molar-refractivity contribution is 0.0883. The number of likely N-dealkylation sites (N-methyl/N-ethyl adjacent to an activating group) is 1. The Kier molecular flexibility index (Phi) is 5.46. The van der Waals surface area contributed by atoms with Crippen LogP contribution in [0.1, 0.15) is 27.7 Å². The number of nitrogens with two attached hydrogens (primary N) is 1. The number of hydrazine groups is 1. The van der Waals surface area contributed by atoms with Crippen LogP contribution in [0.4, 0.5) is 17.8 Å². The molecule has 114 valence electrons. The normalized spacial score (nSPS) is 11.3. The van der Waals surface area contributed by atoms with Crippen molar-refractivity contribution < 1.29 is 5.11 Å². The first-order valence-electron chi connectivity index (χ1n) is 6.71. The molecule has 0 saturated heterocycles.